The number of anilines is 2. The van der Waals surface area contributed by atoms with Gasteiger partial charge < -0.3 is 10.6 Å². The summed E-state index contributed by atoms with van der Waals surface area (Å²) in [5.41, 5.74) is 3.39. The smallest absolute Gasteiger partial charge is 0.224 e. The summed E-state index contributed by atoms with van der Waals surface area (Å²) in [5.74, 6) is 0.128. The van der Waals surface area contributed by atoms with Gasteiger partial charge in [-0.05, 0) is 36.6 Å². The minimum absolute atomic E-state index is 0.128. The Balaban J connectivity index is 1.85. The molecule has 18 heavy (non-hydrogen) atoms. The highest BCUT2D eigenvalue weighted by molar-refractivity contribution is 5.94. The van der Waals surface area contributed by atoms with E-state index in [1.807, 2.05) is 12.1 Å². The molecule has 1 aliphatic rings. The van der Waals surface area contributed by atoms with Crippen LogP contribution >= 0.6 is 0 Å². The lowest BCUT2D eigenvalue weighted by Crippen LogP contribution is -2.19. The molecule has 1 amide bonds. The molecule has 1 heterocycles. The molecule has 0 fully saturated rings. The topological polar surface area (TPSA) is 41.1 Å². The van der Waals surface area contributed by atoms with E-state index in [1.165, 1.54) is 36.9 Å². The Hall–Kier alpha value is -1.51. The van der Waals surface area contributed by atoms with E-state index in [-0.39, 0.29) is 5.91 Å². The fraction of sp³-hybridized carbons (Fsp3) is 0.533. The van der Waals surface area contributed by atoms with Crippen molar-refractivity contribution in [3.63, 3.8) is 0 Å². The van der Waals surface area contributed by atoms with Crippen LogP contribution in [-0.2, 0) is 11.2 Å². The van der Waals surface area contributed by atoms with E-state index < -0.39 is 0 Å². The van der Waals surface area contributed by atoms with Gasteiger partial charge in [0.2, 0.25) is 5.91 Å². The number of hydrogen-bond donors (Lipinski definition) is 2. The molecule has 0 saturated carbocycles. The number of benzene rings is 1. The van der Waals surface area contributed by atoms with Crippen molar-refractivity contribution in [3.8, 4) is 0 Å². The van der Waals surface area contributed by atoms with Gasteiger partial charge in [0.15, 0.2) is 0 Å². The van der Waals surface area contributed by atoms with Gasteiger partial charge in [0.25, 0.3) is 0 Å². The van der Waals surface area contributed by atoms with Gasteiger partial charge in [0.05, 0.1) is 0 Å². The summed E-state index contributed by atoms with van der Waals surface area (Å²) in [6.07, 6.45) is 6.57. The number of aryl methyl sites for hydroxylation is 1. The van der Waals surface area contributed by atoms with Gasteiger partial charge in [-0.3, -0.25) is 4.79 Å². The maximum absolute atomic E-state index is 11.3. The summed E-state index contributed by atoms with van der Waals surface area (Å²) < 4.78 is 0. The van der Waals surface area contributed by atoms with Crippen molar-refractivity contribution in [2.75, 3.05) is 17.2 Å². The zero-order valence-corrected chi connectivity index (χ0v) is 11.1. The van der Waals surface area contributed by atoms with E-state index in [2.05, 4.69) is 23.6 Å². The van der Waals surface area contributed by atoms with Crippen LogP contribution in [0.1, 0.15) is 44.6 Å². The molecule has 3 heteroatoms. The van der Waals surface area contributed by atoms with Gasteiger partial charge in [-0.1, -0.05) is 26.2 Å². The number of nitrogens with one attached hydrogen (secondary N) is 2. The standard InChI is InChI=1S/C15H22N2O/c1-2-3-4-5-10-16-13-7-8-14-12(11-13)6-9-15(18)17-14/h7-8,11,16H,2-6,9-10H2,1H3,(H,17,18). The fourth-order valence-electron chi connectivity index (χ4n) is 2.28. The first-order valence-electron chi connectivity index (χ1n) is 6.96. The molecule has 0 atom stereocenters. The van der Waals surface area contributed by atoms with Gasteiger partial charge in [-0.2, -0.15) is 0 Å². The van der Waals surface area contributed by atoms with Crippen LogP contribution in [0.3, 0.4) is 0 Å². The molecule has 0 radical (unpaired) electrons. The lowest BCUT2D eigenvalue weighted by atomic mass is 10.0. The van der Waals surface area contributed by atoms with E-state index in [1.54, 1.807) is 0 Å². The van der Waals surface area contributed by atoms with Crippen LogP contribution in [-0.4, -0.2) is 12.5 Å². The molecule has 0 saturated heterocycles. The van der Waals surface area contributed by atoms with Crippen LogP contribution in [0.2, 0.25) is 0 Å². The highest BCUT2D eigenvalue weighted by Gasteiger charge is 2.14. The number of rotatable bonds is 6. The van der Waals surface area contributed by atoms with E-state index in [9.17, 15) is 4.79 Å². The number of hydrogen-bond acceptors (Lipinski definition) is 2. The normalized spacial score (nSPS) is 13.9. The first kappa shape index (κ1) is 12.9. The molecular formula is C15H22N2O. The van der Waals surface area contributed by atoms with Crippen molar-refractivity contribution < 1.29 is 4.79 Å². The summed E-state index contributed by atoms with van der Waals surface area (Å²) in [6.45, 7) is 3.26. The number of carbonyl (C=O) groups excluding carboxylic acids is 1. The second kappa shape index (κ2) is 6.43. The molecule has 98 valence electrons. The first-order valence-corrected chi connectivity index (χ1v) is 6.96. The Morgan fingerprint density at radius 2 is 2.11 bits per heavy atom. The van der Waals surface area contributed by atoms with Crippen molar-refractivity contribution in [2.24, 2.45) is 0 Å². The number of unbranched alkanes of at least 4 members (excludes halogenated alkanes) is 3. The molecule has 1 aromatic rings. The van der Waals surface area contributed by atoms with Gasteiger partial charge >= 0.3 is 0 Å². The van der Waals surface area contributed by atoms with E-state index in [0.29, 0.717) is 6.42 Å². The Morgan fingerprint density at radius 3 is 2.94 bits per heavy atom. The third kappa shape index (κ3) is 3.49. The number of amides is 1. The maximum atomic E-state index is 11.3. The Morgan fingerprint density at radius 1 is 1.22 bits per heavy atom. The van der Waals surface area contributed by atoms with Crippen molar-refractivity contribution in [3.05, 3.63) is 23.8 Å². The molecule has 0 aliphatic carbocycles. The molecule has 0 bridgehead atoms. The quantitative estimate of drug-likeness (QED) is 0.753. The van der Waals surface area contributed by atoms with Gasteiger partial charge in [-0.25, -0.2) is 0 Å². The van der Waals surface area contributed by atoms with Gasteiger partial charge in [-0.15, -0.1) is 0 Å². The highest BCUT2D eigenvalue weighted by Crippen LogP contribution is 2.25. The third-order valence-corrected chi connectivity index (χ3v) is 3.36. The second-order valence-corrected chi connectivity index (χ2v) is 4.91. The Kier molecular flexibility index (Phi) is 4.62. The van der Waals surface area contributed by atoms with Crippen LogP contribution in [0.4, 0.5) is 11.4 Å². The Labute approximate surface area is 109 Å². The van der Waals surface area contributed by atoms with E-state index in [4.69, 9.17) is 0 Å². The van der Waals surface area contributed by atoms with E-state index >= 15 is 0 Å². The monoisotopic (exact) mass is 246 g/mol. The SMILES string of the molecule is CCCCCCNc1ccc2c(c1)CCC(=O)N2. The van der Waals surface area contributed by atoms with E-state index in [0.717, 1.165) is 18.7 Å². The molecular weight excluding hydrogens is 224 g/mol. The summed E-state index contributed by atoms with van der Waals surface area (Å²) >= 11 is 0. The zero-order valence-electron chi connectivity index (χ0n) is 11.1. The molecule has 2 rings (SSSR count). The average Bonchev–Trinajstić information content (AvgIpc) is 2.38. The van der Waals surface area contributed by atoms with Crippen molar-refractivity contribution >= 4 is 17.3 Å². The minimum atomic E-state index is 0.128. The van der Waals surface area contributed by atoms with Crippen LogP contribution in [0.5, 0.6) is 0 Å². The first-order chi connectivity index (χ1) is 8.79. The van der Waals surface area contributed by atoms with Crippen molar-refractivity contribution in [1.29, 1.82) is 0 Å². The summed E-state index contributed by atoms with van der Waals surface area (Å²) in [4.78, 5) is 11.3. The van der Waals surface area contributed by atoms with Crippen LogP contribution in [0.15, 0.2) is 18.2 Å². The molecule has 1 aromatic carbocycles. The molecule has 1 aliphatic heterocycles. The van der Waals surface area contributed by atoms with Gasteiger partial charge in [0.1, 0.15) is 0 Å². The molecule has 0 unspecified atom stereocenters. The lowest BCUT2D eigenvalue weighted by Gasteiger charge is -2.18. The molecule has 0 spiro atoms. The van der Waals surface area contributed by atoms with Crippen LogP contribution < -0.4 is 10.6 Å². The summed E-state index contributed by atoms with van der Waals surface area (Å²) in [6, 6.07) is 6.21. The molecule has 3 nitrogen and oxygen atoms in total. The predicted molar refractivity (Wildman–Crippen MR) is 76.0 cm³/mol. The van der Waals surface area contributed by atoms with Crippen molar-refractivity contribution in [1.82, 2.24) is 0 Å². The largest absolute Gasteiger partial charge is 0.385 e. The van der Waals surface area contributed by atoms with Crippen LogP contribution in [0, 0.1) is 0 Å². The summed E-state index contributed by atoms with van der Waals surface area (Å²) in [5, 5.41) is 6.36. The average molecular weight is 246 g/mol. The second-order valence-electron chi connectivity index (χ2n) is 4.91. The minimum Gasteiger partial charge on any atom is -0.385 e. The zero-order chi connectivity index (χ0) is 12.8. The van der Waals surface area contributed by atoms with Crippen LogP contribution in [0.25, 0.3) is 0 Å². The number of fused-ring (bicyclic) bond motifs is 1. The lowest BCUT2D eigenvalue weighted by molar-refractivity contribution is -0.116. The van der Waals surface area contributed by atoms with Gasteiger partial charge in [0, 0.05) is 24.3 Å². The number of carbonyl (C=O) groups is 1. The maximum Gasteiger partial charge on any atom is 0.224 e. The molecule has 0 aromatic heterocycles. The van der Waals surface area contributed by atoms with Crippen molar-refractivity contribution in [2.45, 2.75) is 45.4 Å². The fourth-order valence-corrected chi connectivity index (χ4v) is 2.28. The third-order valence-electron chi connectivity index (χ3n) is 3.36. The Bertz CT molecular complexity index is 415. The highest BCUT2D eigenvalue weighted by atomic mass is 16.1. The predicted octanol–water partition coefficient (Wildman–Crippen LogP) is 3.56. The molecule has 2 N–H and O–H groups in total. The summed E-state index contributed by atoms with van der Waals surface area (Å²) in [7, 11) is 0.